The highest BCUT2D eigenvalue weighted by Gasteiger charge is 2.07. The highest BCUT2D eigenvalue weighted by Crippen LogP contribution is 2.21. The fraction of sp³-hybridized carbons (Fsp3) is 0.312. The van der Waals surface area contributed by atoms with Crippen molar-refractivity contribution in [3.63, 3.8) is 0 Å². The van der Waals surface area contributed by atoms with Gasteiger partial charge in [-0.1, -0.05) is 19.1 Å². The lowest BCUT2D eigenvalue weighted by molar-refractivity contribution is -0.113. The van der Waals surface area contributed by atoms with Crippen molar-refractivity contribution < 1.29 is 4.79 Å². The summed E-state index contributed by atoms with van der Waals surface area (Å²) in [5, 5.41) is 12.3. The lowest BCUT2D eigenvalue weighted by atomic mass is 10.1. The molecule has 0 fully saturated rings. The molecule has 0 bridgehead atoms. The van der Waals surface area contributed by atoms with Gasteiger partial charge in [-0.15, -0.1) is 11.3 Å². The highest BCUT2D eigenvalue weighted by atomic mass is 32.2. The fourth-order valence-corrected chi connectivity index (χ4v) is 3.36. The van der Waals surface area contributed by atoms with E-state index in [2.05, 4.69) is 23.3 Å². The molecule has 0 saturated heterocycles. The summed E-state index contributed by atoms with van der Waals surface area (Å²) >= 11 is 3.12. The van der Waals surface area contributed by atoms with Crippen LogP contribution >= 0.6 is 23.1 Å². The van der Waals surface area contributed by atoms with Crippen molar-refractivity contribution in [3.05, 3.63) is 46.5 Å². The minimum atomic E-state index is -0.00211. The van der Waals surface area contributed by atoms with Gasteiger partial charge in [-0.2, -0.15) is 17.0 Å². The zero-order chi connectivity index (χ0) is 15.8. The second-order valence-corrected chi connectivity index (χ2v) is 6.94. The van der Waals surface area contributed by atoms with E-state index in [1.54, 1.807) is 18.0 Å². The number of hydrogen-bond donors (Lipinski definition) is 1. The summed E-state index contributed by atoms with van der Waals surface area (Å²) in [6.07, 6.45) is 3.62. The molecule has 2 rings (SSSR count). The third-order valence-electron chi connectivity index (χ3n) is 2.84. The van der Waals surface area contributed by atoms with Gasteiger partial charge in [0.2, 0.25) is 5.91 Å². The molecule has 1 aromatic carbocycles. The number of nitriles is 1. The van der Waals surface area contributed by atoms with E-state index < -0.39 is 0 Å². The Kier molecular flexibility index (Phi) is 6.44. The van der Waals surface area contributed by atoms with Crippen LogP contribution in [0.4, 0.5) is 5.13 Å². The van der Waals surface area contributed by atoms with Gasteiger partial charge in [-0.05, 0) is 29.9 Å². The molecule has 0 saturated carbocycles. The first-order valence-electron chi connectivity index (χ1n) is 7.02. The Morgan fingerprint density at radius 2 is 2.18 bits per heavy atom. The number of carbonyl (C=O) groups is 1. The van der Waals surface area contributed by atoms with E-state index >= 15 is 0 Å². The number of hydrogen-bond acceptors (Lipinski definition) is 5. The number of amides is 1. The first kappa shape index (κ1) is 16.5. The predicted molar refractivity (Wildman–Crippen MR) is 92.3 cm³/mol. The lowest BCUT2D eigenvalue weighted by Gasteiger charge is -2.00. The van der Waals surface area contributed by atoms with Crippen LogP contribution in [0.15, 0.2) is 30.5 Å². The summed E-state index contributed by atoms with van der Waals surface area (Å²) in [6, 6.07) is 9.61. The summed E-state index contributed by atoms with van der Waals surface area (Å²) in [4.78, 5) is 17.1. The number of thiazole rings is 1. The fourth-order valence-electron chi connectivity index (χ4n) is 1.81. The second kappa shape index (κ2) is 8.57. The molecule has 0 spiro atoms. The average molecular weight is 331 g/mol. The highest BCUT2D eigenvalue weighted by molar-refractivity contribution is 7.99. The van der Waals surface area contributed by atoms with Gasteiger partial charge in [0, 0.05) is 17.5 Å². The van der Waals surface area contributed by atoms with Crippen LogP contribution < -0.4 is 5.32 Å². The maximum atomic E-state index is 11.7. The summed E-state index contributed by atoms with van der Waals surface area (Å²) in [6.45, 7) is 2.10. The lowest BCUT2D eigenvalue weighted by Crippen LogP contribution is -2.13. The first-order valence-corrected chi connectivity index (χ1v) is 8.99. The zero-order valence-electron chi connectivity index (χ0n) is 12.3. The molecular formula is C16H17N3OS2. The van der Waals surface area contributed by atoms with Crippen LogP contribution in [0.2, 0.25) is 0 Å². The maximum Gasteiger partial charge on any atom is 0.236 e. The monoisotopic (exact) mass is 331 g/mol. The summed E-state index contributed by atoms with van der Waals surface area (Å²) < 4.78 is 0. The van der Waals surface area contributed by atoms with E-state index in [4.69, 9.17) is 5.26 Å². The maximum absolute atomic E-state index is 11.7. The number of aromatic nitrogens is 1. The van der Waals surface area contributed by atoms with Crippen molar-refractivity contribution in [2.45, 2.75) is 19.8 Å². The minimum absolute atomic E-state index is 0.00211. The van der Waals surface area contributed by atoms with Gasteiger partial charge in [0.15, 0.2) is 5.13 Å². The molecule has 0 unspecified atom stereocenters. The van der Waals surface area contributed by atoms with Crippen LogP contribution in [0.5, 0.6) is 0 Å². The molecule has 4 nitrogen and oxygen atoms in total. The molecule has 0 aliphatic rings. The van der Waals surface area contributed by atoms with E-state index in [0.29, 0.717) is 16.4 Å². The third kappa shape index (κ3) is 5.17. The van der Waals surface area contributed by atoms with Crippen molar-refractivity contribution in [2.24, 2.45) is 0 Å². The first-order chi connectivity index (χ1) is 10.7. The molecule has 22 heavy (non-hydrogen) atoms. The molecule has 0 atom stereocenters. The molecule has 1 N–H and O–H groups in total. The number of nitrogens with one attached hydrogen (secondary N) is 1. The smallest absolute Gasteiger partial charge is 0.236 e. The molecule has 6 heteroatoms. The van der Waals surface area contributed by atoms with Crippen molar-refractivity contribution in [1.29, 1.82) is 5.26 Å². The number of nitrogens with zero attached hydrogens (tertiary/aromatic N) is 2. The number of thioether (sulfide) groups is 1. The van der Waals surface area contributed by atoms with Crippen molar-refractivity contribution in [1.82, 2.24) is 4.98 Å². The van der Waals surface area contributed by atoms with Gasteiger partial charge >= 0.3 is 0 Å². The third-order valence-corrected chi connectivity index (χ3v) is 4.92. The van der Waals surface area contributed by atoms with Crippen LogP contribution in [0.1, 0.15) is 29.3 Å². The Bertz CT molecular complexity index is 659. The van der Waals surface area contributed by atoms with Crippen molar-refractivity contribution in [2.75, 3.05) is 16.8 Å². The van der Waals surface area contributed by atoms with Gasteiger partial charge in [-0.25, -0.2) is 4.98 Å². The average Bonchev–Trinajstić information content (AvgIpc) is 2.95. The van der Waals surface area contributed by atoms with E-state index in [0.717, 1.165) is 29.0 Å². The van der Waals surface area contributed by atoms with Gasteiger partial charge in [0.05, 0.1) is 17.4 Å². The second-order valence-electron chi connectivity index (χ2n) is 4.72. The van der Waals surface area contributed by atoms with Gasteiger partial charge in [0.25, 0.3) is 0 Å². The number of benzene rings is 1. The standard InChI is InChI=1S/C16H17N3OS2/c1-2-7-21-11-15(20)19-16-18-10-14(22-16)8-12-3-5-13(9-17)6-4-12/h3-6,10H,2,7-8,11H2,1H3,(H,18,19,20). The van der Waals surface area contributed by atoms with E-state index in [1.165, 1.54) is 11.3 Å². The largest absolute Gasteiger partial charge is 0.301 e. The normalized spacial score (nSPS) is 10.2. The van der Waals surface area contributed by atoms with E-state index in [9.17, 15) is 4.79 Å². The Labute approximate surface area is 138 Å². The molecule has 114 valence electrons. The van der Waals surface area contributed by atoms with Gasteiger partial charge in [0.1, 0.15) is 0 Å². The molecule has 1 aromatic heterocycles. The van der Waals surface area contributed by atoms with Crippen LogP contribution in [-0.4, -0.2) is 22.4 Å². The molecule has 2 aromatic rings. The van der Waals surface area contributed by atoms with E-state index in [-0.39, 0.29) is 5.91 Å². The number of rotatable bonds is 7. The summed E-state index contributed by atoms with van der Waals surface area (Å²) in [5.74, 6) is 1.46. The zero-order valence-corrected chi connectivity index (χ0v) is 14.0. The van der Waals surface area contributed by atoms with Crippen LogP contribution in [0, 0.1) is 11.3 Å². The number of carbonyl (C=O) groups excluding carboxylic acids is 1. The number of anilines is 1. The van der Waals surface area contributed by atoms with Crippen molar-refractivity contribution >= 4 is 34.1 Å². The van der Waals surface area contributed by atoms with Gasteiger partial charge < -0.3 is 5.32 Å². The Morgan fingerprint density at radius 3 is 2.86 bits per heavy atom. The molecular weight excluding hydrogens is 314 g/mol. The molecule has 0 aliphatic carbocycles. The van der Waals surface area contributed by atoms with Crippen LogP contribution in [-0.2, 0) is 11.2 Å². The Balaban J connectivity index is 1.88. The molecule has 1 amide bonds. The molecule has 0 radical (unpaired) electrons. The topological polar surface area (TPSA) is 65.8 Å². The summed E-state index contributed by atoms with van der Waals surface area (Å²) in [7, 11) is 0. The van der Waals surface area contributed by atoms with Crippen LogP contribution in [0.3, 0.4) is 0 Å². The Hall–Kier alpha value is -1.84. The molecule has 0 aliphatic heterocycles. The van der Waals surface area contributed by atoms with Crippen LogP contribution in [0.25, 0.3) is 0 Å². The summed E-state index contributed by atoms with van der Waals surface area (Å²) in [5.41, 5.74) is 1.78. The quantitative estimate of drug-likeness (QED) is 0.786. The molecule has 1 heterocycles. The predicted octanol–water partition coefficient (Wildman–Crippen LogP) is 3.69. The van der Waals surface area contributed by atoms with Crippen molar-refractivity contribution in [3.8, 4) is 6.07 Å². The Morgan fingerprint density at radius 1 is 1.41 bits per heavy atom. The van der Waals surface area contributed by atoms with E-state index in [1.807, 2.05) is 24.3 Å². The minimum Gasteiger partial charge on any atom is -0.301 e. The van der Waals surface area contributed by atoms with Gasteiger partial charge in [-0.3, -0.25) is 4.79 Å². The SMILES string of the molecule is CCCSCC(=O)Nc1ncc(Cc2ccc(C#N)cc2)s1.